The van der Waals surface area contributed by atoms with Crippen LogP contribution in [0.25, 0.3) is 0 Å². The molecule has 3 rings (SSSR count). The fourth-order valence-corrected chi connectivity index (χ4v) is 4.51. The Kier molecular flexibility index (Phi) is 7.49. The molecule has 0 radical (unpaired) electrons. The van der Waals surface area contributed by atoms with E-state index in [0.717, 1.165) is 16.2 Å². The minimum atomic E-state index is -0.131. The lowest BCUT2D eigenvalue weighted by atomic mass is 9.91. The summed E-state index contributed by atoms with van der Waals surface area (Å²) < 4.78 is 10.9. The fraction of sp³-hybridized carbons (Fsp3) is 0.520. The van der Waals surface area contributed by atoms with Crippen LogP contribution in [0.5, 0.6) is 11.5 Å². The van der Waals surface area contributed by atoms with Crippen LogP contribution in [0.4, 0.5) is 0 Å². The Morgan fingerprint density at radius 2 is 1.78 bits per heavy atom. The van der Waals surface area contributed by atoms with E-state index in [1.165, 1.54) is 5.56 Å². The van der Waals surface area contributed by atoms with Gasteiger partial charge in [-0.25, -0.2) is 0 Å². The van der Waals surface area contributed by atoms with Gasteiger partial charge in [0.1, 0.15) is 0 Å². The van der Waals surface area contributed by atoms with Gasteiger partial charge in [-0.2, -0.15) is 0 Å². The Balaban J connectivity index is 1.80. The van der Waals surface area contributed by atoms with Gasteiger partial charge in [0, 0.05) is 23.9 Å². The first-order valence-corrected chi connectivity index (χ1v) is 11.9. The summed E-state index contributed by atoms with van der Waals surface area (Å²) in [7, 11) is 0. The highest BCUT2D eigenvalue weighted by atomic mass is 32.1. The first-order valence-electron chi connectivity index (χ1n) is 11.0. The molecule has 2 aromatic rings. The van der Waals surface area contributed by atoms with E-state index in [4.69, 9.17) is 9.47 Å². The van der Waals surface area contributed by atoms with E-state index in [-0.39, 0.29) is 36.6 Å². The topological polar surface area (TPSA) is 59.1 Å². The molecule has 7 heteroatoms. The van der Waals surface area contributed by atoms with E-state index in [1.807, 2.05) is 63.1 Å². The van der Waals surface area contributed by atoms with Crippen molar-refractivity contribution in [3.8, 4) is 11.5 Å². The van der Waals surface area contributed by atoms with Gasteiger partial charge >= 0.3 is 0 Å². The molecule has 0 saturated carbocycles. The lowest BCUT2D eigenvalue weighted by molar-refractivity contribution is -0.143. The van der Waals surface area contributed by atoms with Crippen LogP contribution in [0.2, 0.25) is 0 Å². The molecule has 174 valence electrons. The molecular weight excluding hydrogens is 424 g/mol. The number of nitrogens with zero attached hydrogens (tertiary/aromatic N) is 2. The molecule has 1 aromatic carbocycles. The molecule has 1 aliphatic rings. The summed E-state index contributed by atoms with van der Waals surface area (Å²) >= 11 is 1.65. The molecule has 0 spiro atoms. The number of aryl methyl sites for hydroxylation is 1. The number of ether oxygens (including phenoxy) is 2. The summed E-state index contributed by atoms with van der Waals surface area (Å²) in [5.74, 6) is 1.37. The summed E-state index contributed by atoms with van der Waals surface area (Å²) in [5.41, 5.74) is 2.00. The molecule has 1 aromatic heterocycles. The van der Waals surface area contributed by atoms with Gasteiger partial charge in [0.15, 0.2) is 11.5 Å². The number of fused-ring (bicyclic) bond motifs is 1. The molecule has 0 fully saturated rings. The number of hydrogen-bond donors (Lipinski definition) is 0. The van der Waals surface area contributed by atoms with Gasteiger partial charge in [-0.3, -0.25) is 9.59 Å². The molecule has 0 bridgehead atoms. The van der Waals surface area contributed by atoms with Gasteiger partial charge in [-0.1, -0.05) is 26.8 Å². The quantitative estimate of drug-likeness (QED) is 0.559. The second kappa shape index (κ2) is 9.94. The number of carbonyl (C=O) groups is 2. The van der Waals surface area contributed by atoms with Gasteiger partial charge in [-0.05, 0) is 60.9 Å². The molecule has 2 amide bonds. The third kappa shape index (κ3) is 6.25. The monoisotopic (exact) mass is 458 g/mol. The zero-order valence-corrected chi connectivity index (χ0v) is 20.8. The Morgan fingerprint density at radius 3 is 2.41 bits per heavy atom. The van der Waals surface area contributed by atoms with E-state index < -0.39 is 0 Å². The minimum absolute atomic E-state index is 0.0104. The van der Waals surface area contributed by atoms with Gasteiger partial charge in [-0.15, -0.1) is 11.3 Å². The Labute approximate surface area is 195 Å². The molecule has 2 heterocycles. The van der Waals surface area contributed by atoms with Crippen LogP contribution >= 0.6 is 11.3 Å². The average Bonchev–Trinajstić information content (AvgIpc) is 3.32. The van der Waals surface area contributed by atoms with Crippen molar-refractivity contribution in [2.75, 3.05) is 13.3 Å². The van der Waals surface area contributed by atoms with Crippen molar-refractivity contribution in [1.29, 1.82) is 0 Å². The highest BCUT2D eigenvalue weighted by molar-refractivity contribution is 7.10. The van der Waals surface area contributed by atoms with E-state index in [0.29, 0.717) is 25.3 Å². The number of rotatable bonds is 8. The fourth-order valence-electron chi connectivity index (χ4n) is 3.59. The molecule has 6 nitrogen and oxygen atoms in total. The summed E-state index contributed by atoms with van der Waals surface area (Å²) in [4.78, 5) is 31.1. The van der Waals surface area contributed by atoms with E-state index in [1.54, 1.807) is 16.2 Å². The van der Waals surface area contributed by atoms with Crippen LogP contribution in [0, 0.1) is 12.3 Å². The van der Waals surface area contributed by atoms with Crippen molar-refractivity contribution >= 4 is 23.2 Å². The van der Waals surface area contributed by atoms with Crippen LogP contribution in [-0.4, -0.2) is 41.0 Å². The molecule has 0 unspecified atom stereocenters. The number of benzene rings is 1. The van der Waals surface area contributed by atoms with Crippen molar-refractivity contribution < 1.29 is 19.1 Å². The number of thiophene rings is 1. The molecule has 32 heavy (non-hydrogen) atoms. The van der Waals surface area contributed by atoms with Crippen LogP contribution in [0.15, 0.2) is 29.6 Å². The molecule has 0 atom stereocenters. The first-order chi connectivity index (χ1) is 15.0. The van der Waals surface area contributed by atoms with Gasteiger partial charge < -0.3 is 19.3 Å². The molecule has 0 N–H and O–H groups in total. The van der Waals surface area contributed by atoms with Crippen molar-refractivity contribution in [2.24, 2.45) is 5.41 Å². The summed E-state index contributed by atoms with van der Waals surface area (Å²) in [6.45, 7) is 13.3. The van der Waals surface area contributed by atoms with E-state index in [9.17, 15) is 9.59 Å². The number of hydrogen-bond acceptors (Lipinski definition) is 5. The maximum absolute atomic E-state index is 13.5. The van der Waals surface area contributed by atoms with Crippen LogP contribution in [-0.2, 0) is 22.7 Å². The average molecular weight is 459 g/mol. The van der Waals surface area contributed by atoms with Crippen molar-refractivity contribution in [1.82, 2.24) is 9.80 Å². The molecule has 1 aliphatic heterocycles. The smallest absolute Gasteiger partial charge is 0.242 e. The van der Waals surface area contributed by atoms with Crippen LogP contribution in [0.3, 0.4) is 0 Å². The standard InChI is InChI=1S/C25H34N2O4S/c1-17(2)27(23(28)12-25(4,5)6)15-24(29)26(14-22-18(3)9-10-32-22)13-19-7-8-20-21(11-19)31-16-30-20/h7-11,17H,12-16H2,1-6H3. The minimum Gasteiger partial charge on any atom is -0.454 e. The SMILES string of the molecule is Cc1ccsc1CN(Cc1ccc2c(c1)OCO2)C(=O)CN(C(=O)CC(C)(C)C)C(C)C. The highest BCUT2D eigenvalue weighted by Gasteiger charge is 2.27. The number of amides is 2. The third-order valence-corrected chi connectivity index (χ3v) is 6.40. The summed E-state index contributed by atoms with van der Waals surface area (Å²) in [5, 5.41) is 2.04. The van der Waals surface area contributed by atoms with Crippen molar-refractivity contribution in [3.05, 3.63) is 45.6 Å². The van der Waals surface area contributed by atoms with Gasteiger partial charge in [0.2, 0.25) is 18.6 Å². The second-order valence-electron chi connectivity index (χ2n) is 9.82. The highest BCUT2D eigenvalue weighted by Crippen LogP contribution is 2.33. The van der Waals surface area contributed by atoms with E-state index >= 15 is 0 Å². The summed E-state index contributed by atoms with van der Waals surface area (Å²) in [6.07, 6.45) is 0.407. The largest absolute Gasteiger partial charge is 0.454 e. The second-order valence-corrected chi connectivity index (χ2v) is 10.8. The predicted octanol–water partition coefficient (Wildman–Crippen LogP) is 4.99. The van der Waals surface area contributed by atoms with E-state index in [2.05, 4.69) is 13.0 Å². The first kappa shape index (κ1) is 24.1. The van der Waals surface area contributed by atoms with Crippen LogP contribution < -0.4 is 9.47 Å². The van der Waals surface area contributed by atoms with Crippen molar-refractivity contribution in [2.45, 2.75) is 67.1 Å². The lowest BCUT2D eigenvalue weighted by Crippen LogP contribution is -2.46. The summed E-state index contributed by atoms with van der Waals surface area (Å²) in [6, 6.07) is 7.78. The molecule has 0 saturated heterocycles. The zero-order chi connectivity index (χ0) is 23.5. The zero-order valence-electron chi connectivity index (χ0n) is 19.9. The van der Waals surface area contributed by atoms with Gasteiger partial charge in [0.05, 0.1) is 13.1 Å². The maximum Gasteiger partial charge on any atom is 0.242 e. The Bertz CT molecular complexity index is 961. The lowest BCUT2D eigenvalue weighted by Gasteiger charge is -2.32. The Hall–Kier alpha value is -2.54. The van der Waals surface area contributed by atoms with Crippen LogP contribution in [0.1, 0.15) is 57.0 Å². The maximum atomic E-state index is 13.5. The van der Waals surface area contributed by atoms with Gasteiger partial charge in [0.25, 0.3) is 0 Å². The Morgan fingerprint density at radius 1 is 1.06 bits per heavy atom. The molecule has 0 aliphatic carbocycles. The normalized spacial score (nSPS) is 12.8. The van der Waals surface area contributed by atoms with Crippen molar-refractivity contribution in [3.63, 3.8) is 0 Å². The molecular formula is C25H34N2O4S. The number of carbonyl (C=O) groups excluding carboxylic acids is 2. The predicted molar refractivity (Wildman–Crippen MR) is 127 cm³/mol. The third-order valence-electron chi connectivity index (χ3n) is 5.40.